The Morgan fingerprint density at radius 3 is 0.633 bits per heavy atom. The zero-order valence-corrected chi connectivity index (χ0v) is 65.6. The van der Waals surface area contributed by atoms with E-state index in [-0.39, 0.29) is 10.8 Å². The van der Waals surface area contributed by atoms with Crippen LogP contribution in [0.5, 0.6) is 0 Å². The molecule has 7 rings (SSSR count). The van der Waals surface area contributed by atoms with E-state index in [2.05, 4.69) is 129 Å². The van der Waals surface area contributed by atoms with Crippen LogP contribution in [0.4, 0.5) is 0 Å². The van der Waals surface area contributed by atoms with E-state index < -0.39 is 0 Å². The van der Waals surface area contributed by atoms with Crippen molar-refractivity contribution in [2.75, 3.05) is 0 Å². The summed E-state index contributed by atoms with van der Waals surface area (Å²) in [6.07, 6.45) is 85.0. The quantitative estimate of drug-likeness (QED) is 0.0340. The maximum absolute atomic E-state index is 4.07. The molecule has 0 N–H and O–H groups in total. The van der Waals surface area contributed by atoms with Crippen LogP contribution < -0.4 is 0 Å². The molecule has 0 radical (unpaired) electrons. The Bertz CT molecular complexity index is 2380. The van der Waals surface area contributed by atoms with E-state index in [1.54, 1.807) is 52.5 Å². The summed E-state index contributed by atoms with van der Waals surface area (Å²) in [6.45, 7) is 9.35. The maximum atomic E-state index is 4.07. The van der Waals surface area contributed by atoms with Gasteiger partial charge >= 0.3 is 0 Å². The predicted octanol–water partition coefficient (Wildman–Crippen LogP) is 33.8. The van der Waals surface area contributed by atoms with Crippen molar-refractivity contribution >= 4 is 96.0 Å². The molecule has 0 unspecified atom stereocenters. The number of fused-ring (bicyclic) bond motifs is 10. The lowest BCUT2D eigenvalue weighted by Crippen LogP contribution is -2.27. The molecule has 0 fully saturated rings. The third-order valence-electron chi connectivity index (χ3n) is 22.1. The van der Waals surface area contributed by atoms with E-state index in [0.717, 1.165) is 0 Å². The Balaban J connectivity index is 1.10. The summed E-state index contributed by atoms with van der Waals surface area (Å²) in [5.74, 6) is 0. The van der Waals surface area contributed by atoms with Crippen LogP contribution in [0.3, 0.4) is 0 Å². The summed E-state index contributed by atoms with van der Waals surface area (Å²) in [6, 6.07) is 10.9. The fraction of sp³-hybridized carbons (Fsp3) is 0.786. The molecule has 2 aliphatic rings. The van der Waals surface area contributed by atoms with Crippen molar-refractivity contribution in [3.63, 3.8) is 0 Å². The summed E-state index contributed by atoms with van der Waals surface area (Å²) in [4.78, 5) is 3.33. The number of halogens is 2. The van der Waals surface area contributed by atoms with E-state index in [9.17, 15) is 0 Å². The smallest absolute Gasteiger partial charge is 0.0719 e. The summed E-state index contributed by atoms with van der Waals surface area (Å²) >= 11 is 16.6. The average Bonchev–Trinajstić information content (AvgIpc) is 1.52. The Kier molecular flexibility index (Phi) is 39.2. The van der Waals surface area contributed by atoms with Crippen LogP contribution in [0.25, 0.3) is 39.7 Å². The lowest BCUT2D eigenvalue weighted by atomic mass is 9.68. The van der Waals surface area contributed by atoms with Gasteiger partial charge in [-0.2, -0.15) is 0 Å². The van der Waals surface area contributed by atoms with Gasteiger partial charge in [0.1, 0.15) is 0 Å². The first-order valence-electron chi connectivity index (χ1n) is 40.1. The summed E-state index contributed by atoms with van der Waals surface area (Å²) in [7, 11) is 0. The van der Waals surface area contributed by atoms with E-state index in [0.29, 0.717) is 0 Å². The summed E-state index contributed by atoms with van der Waals surface area (Å²) in [5, 5.41) is 0. The second-order valence-corrected chi connectivity index (χ2v) is 36.6. The topological polar surface area (TPSA) is 0 Å². The molecular formula is C84H136Br2S4. The molecule has 0 spiro atoms. The van der Waals surface area contributed by atoms with Crippen molar-refractivity contribution in [1.82, 2.24) is 0 Å². The fourth-order valence-corrected chi connectivity index (χ4v) is 23.7. The monoisotopic (exact) mass is 1430 g/mol. The largest absolute Gasteiger partial charge is 0.134 e. The van der Waals surface area contributed by atoms with Crippen molar-refractivity contribution in [3.8, 4) is 20.9 Å². The van der Waals surface area contributed by atoms with Crippen molar-refractivity contribution in [1.29, 1.82) is 0 Å². The highest BCUT2D eigenvalue weighted by molar-refractivity contribution is 9.11. The number of hydrogen-bond acceptors (Lipinski definition) is 4. The van der Waals surface area contributed by atoms with Gasteiger partial charge in [-0.3, -0.25) is 0 Å². The summed E-state index contributed by atoms with van der Waals surface area (Å²) < 4.78 is 8.95. The highest BCUT2D eigenvalue weighted by atomic mass is 79.9. The third-order valence-corrected chi connectivity index (χ3v) is 28.0. The van der Waals surface area contributed by atoms with Gasteiger partial charge in [-0.25, -0.2) is 0 Å². The first-order chi connectivity index (χ1) is 44.4. The van der Waals surface area contributed by atoms with Gasteiger partial charge in [-0.05, 0) is 115 Å². The minimum Gasteiger partial charge on any atom is -0.134 e. The van der Waals surface area contributed by atoms with E-state index in [4.69, 9.17) is 0 Å². The van der Waals surface area contributed by atoms with Crippen molar-refractivity contribution in [2.24, 2.45) is 0 Å². The lowest BCUT2D eigenvalue weighted by Gasteiger charge is -2.35. The molecule has 0 amide bonds. The second kappa shape index (κ2) is 45.9. The van der Waals surface area contributed by atoms with Crippen LogP contribution in [0, 0.1) is 0 Å². The lowest BCUT2D eigenvalue weighted by molar-refractivity contribution is 0.396. The number of benzene rings is 1. The molecule has 0 atom stereocenters. The van der Waals surface area contributed by atoms with Crippen molar-refractivity contribution in [3.05, 3.63) is 54.1 Å². The Morgan fingerprint density at radius 1 is 0.244 bits per heavy atom. The number of rotatable bonds is 60. The number of hydrogen-bond donors (Lipinski definition) is 0. The van der Waals surface area contributed by atoms with E-state index >= 15 is 0 Å². The number of unbranched alkanes of at least 4 members (excludes halogenated alkanes) is 52. The number of thiophene rings is 4. The molecule has 0 bridgehead atoms. The molecule has 6 heteroatoms. The molecule has 4 aromatic heterocycles. The SMILES string of the molecule is CCCCCCCCCCCCCCCCC1(CCCCCCCCCCCCCCCC)c2cc3c(cc2-c2sc4cc(Br)sc4c21)C(CCCCCCCCCCCCCCCC)(CCCCCCCCCCCCCCCC)c1c-3sc2cc(Br)sc12. The zero-order valence-electron chi connectivity index (χ0n) is 59.1. The molecule has 0 saturated heterocycles. The van der Waals surface area contributed by atoms with Crippen LogP contribution in [0.1, 0.15) is 435 Å². The van der Waals surface area contributed by atoms with Gasteiger partial charge < -0.3 is 0 Å². The van der Waals surface area contributed by atoms with Crippen LogP contribution in [-0.2, 0) is 10.8 Å². The molecular weight excluding hydrogens is 1300 g/mol. The van der Waals surface area contributed by atoms with Crippen LogP contribution >= 0.6 is 77.2 Å². The first-order valence-corrected chi connectivity index (χ1v) is 44.9. The molecule has 5 aromatic rings. The zero-order chi connectivity index (χ0) is 63.2. The van der Waals surface area contributed by atoms with Crippen LogP contribution in [-0.4, -0.2) is 0 Å². The molecule has 510 valence electrons. The van der Waals surface area contributed by atoms with Crippen molar-refractivity contribution in [2.45, 2.75) is 424 Å². The maximum Gasteiger partial charge on any atom is 0.0719 e. The molecule has 0 aliphatic heterocycles. The van der Waals surface area contributed by atoms with Crippen LogP contribution in [0.2, 0.25) is 0 Å². The normalized spacial score (nSPS) is 13.8. The average molecular weight is 1430 g/mol. The van der Waals surface area contributed by atoms with E-state index in [1.807, 2.05) is 0 Å². The first kappa shape index (κ1) is 76.9. The summed E-state index contributed by atoms with van der Waals surface area (Å²) in [5.41, 5.74) is 10.5. The van der Waals surface area contributed by atoms with Gasteiger partial charge in [0, 0.05) is 30.0 Å². The fourth-order valence-electron chi connectivity index (χ4n) is 16.8. The molecule has 2 aliphatic carbocycles. The van der Waals surface area contributed by atoms with Crippen molar-refractivity contribution < 1.29 is 0 Å². The standard InChI is InChI=1S/C84H136Br2S4/c1-5-9-13-17-21-25-29-33-37-41-45-49-53-57-61-83(62-58-54-50-46-42-38-34-30-26-22-18-14-10-6-2)71-65-70-72(66-69(71)79-77(83)81-73(87-79)67-75(85)89-81)84(78-80(70)88-74-68-76(86)90-82(74)78,63-59-55-51-47-43-39-35-31-27-23-19-15-11-7-3)64-60-56-52-48-44-40-36-32-28-24-20-16-12-8-4/h65-68H,5-64H2,1-4H3. The minimum atomic E-state index is 0.0862. The van der Waals surface area contributed by atoms with Gasteiger partial charge in [-0.1, -0.05) is 387 Å². The van der Waals surface area contributed by atoms with E-state index in [1.165, 1.54) is 402 Å². The van der Waals surface area contributed by atoms with Gasteiger partial charge in [0.25, 0.3) is 0 Å². The van der Waals surface area contributed by atoms with Gasteiger partial charge in [0.2, 0.25) is 0 Å². The van der Waals surface area contributed by atoms with Crippen LogP contribution in [0.15, 0.2) is 31.8 Å². The third kappa shape index (κ3) is 24.5. The van der Waals surface area contributed by atoms with Gasteiger partial charge in [0.05, 0.1) is 17.0 Å². The Hall–Kier alpha value is -0.500. The molecule has 1 aromatic carbocycles. The second-order valence-electron chi connectivity index (χ2n) is 29.6. The molecule has 4 heterocycles. The molecule has 90 heavy (non-hydrogen) atoms. The Morgan fingerprint density at radius 2 is 0.433 bits per heavy atom. The molecule has 0 saturated carbocycles. The highest BCUT2D eigenvalue weighted by Crippen LogP contribution is 2.67. The Labute approximate surface area is 589 Å². The highest BCUT2D eigenvalue weighted by Gasteiger charge is 2.51. The van der Waals surface area contributed by atoms with Gasteiger partial charge in [-0.15, -0.1) is 45.3 Å². The van der Waals surface area contributed by atoms with Gasteiger partial charge in [0.15, 0.2) is 0 Å². The minimum absolute atomic E-state index is 0.0862. The molecule has 0 nitrogen and oxygen atoms in total. The predicted molar refractivity (Wildman–Crippen MR) is 421 cm³/mol.